The number of thioether (sulfide) groups is 1. The molecule has 0 fully saturated rings. The highest BCUT2D eigenvalue weighted by molar-refractivity contribution is 9.10. The number of rotatable bonds is 7. The minimum absolute atomic E-state index is 0.360. The number of carbonyl (C=O) groups excluding carboxylic acids is 1. The molecule has 7 heteroatoms. The number of nitrogens with zero attached hydrogens (tertiary/aromatic N) is 1. The van der Waals surface area contributed by atoms with Gasteiger partial charge >= 0.3 is 5.97 Å². The van der Waals surface area contributed by atoms with Gasteiger partial charge in [-0.15, -0.1) is 0 Å². The van der Waals surface area contributed by atoms with Crippen LogP contribution in [0.5, 0.6) is 0 Å². The minimum atomic E-state index is -1.00. The average molecular weight is 349 g/mol. The average Bonchev–Trinajstić information content (AvgIpc) is 2.75. The first-order chi connectivity index (χ1) is 8.99. The Morgan fingerprint density at radius 2 is 2.26 bits per heavy atom. The number of halogens is 1. The Balaban J connectivity index is 2.78. The van der Waals surface area contributed by atoms with Crippen LogP contribution in [-0.2, 0) is 11.3 Å². The molecule has 0 radical (unpaired) electrons. The van der Waals surface area contributed by atoms with E-state index in [1.807, 2.05) is 13.2 Å². The number of carboxylic acids is 1. The maximum absolute atomic E-state index is 12.1. The summed E-state index contributed by atoms with van der Waals surface area (Å²) < 4.78 is 2.57. The molecule has 0 saturated carbocycles. The van der Waals surface area contributed by atoms with Crippen LogP contribution in [0.3, 0.4) is 0 Å². The molecule has 1 amide bonds. The third kappa shape index (κ3) is 4.58. The molecule has 19 heavy (non-hydrogen) atoms. The van der Waals surface area contributed by atoms with Crippen LogP contribution < -0.4 is 5.32 Å². The Bertz CT molecular complexity index is 462. The van der Waals surface area contributed by atoms with Crippen molar-refractivity contribution in [2.24, 2.45) is 0 Å². The highest BCUT2D eigenvalue weighted by Gasteiger charge is 2.21. The van der Waals surface area contributed by atoms with Gasteiger partial charge in [0.2, 0.25) is 0 Å². The van der Waals surface area contributed by atoms with E-state index in [1.165, 1.54) is 0 Å². The van der Waals surface area contributed by atoms with E-state index < -0.39 is 12.0 Å². The standard InChI is InChI=1S/C12H17BrN2O3S/c1-3-15-7-8(13)6-10(15)11(16)14-9(12(17)18)4-5-19-2/h6-7,9H,3-5H2,1-2H3,(H,14,16)(H,17,18)/t9-/m0/s1. The van der Waals surface area contributed by atoms with E-state index in [0.29, 0.717) is 24.4 Å². The molecule has 0 aliphatic rings. The summed E-state index contributed by atoms with van der Waals surface area (Å²) in [5.41, 5.74) is 0.463. The Hall–Kier alpha value is -0.950. The first-order valence-corrected chi connectivity index (χ1v) is 8.06. The number of amides is 1. The van der Waals surface area contributed by atoms with Crippen LogP contribution in [0.4, 0.5) is 0 Å². The summed E-state index contributed by atoms with van der Waals surface area (Å²) in [5.74, 6) is -0.674. The van der Waals surface area contributed by atoms with E-state index in [2.05, 4.69) is 21.2 Å². The Labute approximate surface area is 124 Å². The fourth-order valence-electron chi connectivity index (χ4n) is 1.65. The van der Waals surface area contributed by atoms with Crippen molar-refractivity contribution in [2.75, 3.05) is 12.0 Å². The lowest BCUT2D eigenvalue weighted by molar-refractivity contribution is -0.139. The normalized spacial score (nSPS) is 12.2. The summed E-state index contributed by atoms with van der Waals surface area (Å²) >= 11 is 4.86. The van der Waals surface area contributed by atoms with Crippen molar-refractivity contribution in [3.05, 3.63) is 22.4 Å². The lowest BCUT2D eigenvalue weighted by Gasteiger charge is -2.14. The molecule has 0 bridgehead atoms. The van der Waals surface area contributed by atoms with Crippen LogP contribution in [0.25, 0.3) is 0 Å². The molecule has 1 rings (SSSR count). The van der Waals surface area contributed by atoms with Gasteiger partial charge in [0.05, 0.1) is 0 Å². The predicted octanol–water partition coefficient (Wildman–Crippen LogP) is 2.21. The minimum Gasteiger partial charge on any atom is -0.480 e. The van der Waals surface area contributed by atoms with Crippen molar-refractivity contribution < 1.29 is 14.7 Å². The van der Waals surface area contributed by atoms with Crippen LogP contribution in [0.1, 0.15) is 23.8 Å². The van der Waals surface area contributed by atoms with Crippen LogP contribution >= 0.6 is 27.7 Å². The molecule has 0 aliphatic heterocycles. The molecule has 0 spiro atoms. The molecule has 0 saturated heterocycles. The lowest BCUT2D eigenvalue weighted by Crippen LogP contribution is -2.41. The Kier molecular flexibility index (Phi) is 6.44. The Morgan fingerprint density at radius 3 is 2.79 bits per heavy atom. The summed E-state index contributed by atoms with van der Waals surface area (Å²) in [7, 11) is 0. The number of hydrogen-bond donors (Lipinski definition) is 2. The molecule has 1 heterocycles. The van der Waals surface area contributed by atoms with Crippen LogP contribution in [0.2, 0.25) is 0 Å². The van der Waals surface area contributed by atoms with E-state index >= 15 is 0 Å². The second-order valence-corrected chi connectivity index (χ2v) is 5.88. The van der Waals surface area contributed by atoms with E-state index in [9.17, 15) is 9.59 Å². The van der Waals surface area contributed by atoms with Crippen LogP contribution in [-0.4, -0.2) is 39.6 Å². The second kappa shape index (κ2) is 7.59. The number of aromatic nitrogens is 1. The number of aliphatic carboxylic acids is 1. The quantitative estimate of drug-likeness (QED) is 0.792. The number of carbonyl (C=O) groups is 2. The highest BCUT2D eigenvalue weighted by Crippen LogP contribution is 2.15. The topological polar surface area (TPSA) is 71.3 Å². The van der Waals surface area contributed by atoms with Gasteiger partial charge in [-0.1, -0.05) is 0 Å². The van der Waals surface area contributed by atoms with Crippen molar-refractivity contribution in [3.8, 4) is 0 Å². The molecule has 0 unspecified atom stereocenters. The fraction of sp³-hybridized carbons (Fsp3) is 0.500. The smallest absolute Gasteiger partial charge is 0.326 e. The molecule has 1 aromatic heterocycles. The summed E-state index contributed by atoms with van der Waals surface area (Å²) in [6.45, 7) is 2.57. The van der Waals surface area contributed by atoms with Gasteiger partial charge in [-0.3, -0.25) is 4.79 Å². The van der Waals surface area contributed by atoms with Gasteiger partial charge < -0.3 is 15.0 Å². The first kappa shape index (κ1) is 16.1. The molecule has 1 atom stereocenters. The SMILES string of the molecule is CCn1cc(Br)cc1C(=O)N[C@@H](CCSC)C(=O)O. The van der Waals surface area contributed by atoms with E-state index in [-0.39, 0.29) is 5.91 Å². The zero-order chi connectivity index (χ0) is 14.4. The molecular weight excluding hydrogens is 332 g/mol. The third-order valence-electron chi connectivity index (χ3n) is 2.65. The van der Waals surface area contributed by atoms with Crippen molar-refractivity contribution in [2.45, 2.75) is 25.9 Å². The van der Waals surface area contributed by atoms with Gasteiger partial charge in [0.15, 0.2) is 0 Å². The molecular formula is C12H17BrN2O3S. The van der Waals surface area contributed by atoms with E-state index in [1.54, 1.807) is 28.6 Å². The summed E-state index contributed by atoms with van der Waals surface area (Å²) in [4.78, 5) is 23.2. The molecule has 0 aromatic carbocycles. The van der Waals surface area contributed by atoms with Crippen LogP contribution in [0, 0.1) is 0 Å². The van der Waals surface area contributed by atoms with Gasteiger partial charge in [0.1, 0.15) is 11.7 Å². The maximum Gasteiger partial charge on any atom is 0.326 e. The van der Waals surface area contributed by atoms with Crippen molar-refractivity contribution in [1.82, 2.24) is 9.88 Å². The van der Waals surface area contributed by atoms with Gasteiger partial charge in [0.25, 0.3) is 5.91 Å². The first-order valence-electron chi connectivity index (χ1n) is 5.87. The highest BCUT2D eigenvalue weighted by atomic mass is 79.9. The maximum atomic E-state index is 12.1. The number of carboxylic acid groups (broad SMARTS) is 1. The molecule has 5 nitrogen and oxygen atoms in total. The van der Waals surface area contributed by atoms with E-state index in [4.69, 9.17) is 5.11 Å². The zero-order valence-corrected chi connectivity index (χ0v) is 13.3. The van der Waals surface area contributed by atoms with E-state index in [0.717, 1.165) is 4.47 Å². The molecule has 1 aromatic rings. The predicted molar refractivity (Wildman–Crippen MR) is 79.7 cm³/mol. The molecule has 106 valence electrons. The van der Waals surface area contributed by atoms with Gasteiger partial charge in [0, 0.05) is 17.2 Å². The third-order valence-corrected chi connectivity index (χ3v) is 3.73. The van der Waals surface area contributed by atoms with Gasteiger partial charge in [-0.05, 0) is 47.3 Å². The number of aryl methyl sites for hydroxylation is 1. The van der Waals surface area contributed by atoms with Crippen molar-refractivity contribution in [1.29, 1.82) is 0 Å². The molecule has 0 aliphatic carbocycles. The zero-order valence-electron chi connectivity index (χ0n) is 10.9. The van der Waals surface area contributed by atoms with Gasteiger partial charge in [-0.25, -0.2) is 4.79 Å². The van der Waals surface area contributed by atoms with Crippen molar-refractivity contribution in [3.63, 3.8) is 0 Å². The molecule has 2 N–H and O–H groups in total. The fourth-order valence-corrected chi connectivity index (χ4v) is 2.59. The lowest BCUT2D eigenvalue weighted by atomic mass is 10.2. The summed E-state index contributed by atoms with van der Waals surface area (Å²) in [6, 6.07) is 0.839. The second-order valence-electron chi connectivity index (χ2n) is 3.98. The largest absolute Gasteiger partial charge is 0.480 e. The van der Waals surface area contributed by atoms with Gasteiger partial charge in [-0.2, -0.15) is 11.8 Å². The Morgan fingerprint density at radius 1 is 1.58 bits per heavy atom. The number of hydrogen-bond acceptors (Lipinski definition) is 3. The van der Waals surface area contributed by atoms with Crippen molar-refractivity contribution >= 4 is 39.6 Å². The number of nitrogens with one attached hydrogen (secondary N) is 1. The monoisotopic (exact) mass is 348 g/mol. The van der Waals surface area contributed by atoms with Crippen LogP contribution in [0.15, 0.2) is 16.7 Å². The summed E-state index contributed by atoms with van der Waals surface area (Å²) in [6.07, 6.45) is 4.11. The summed E-state index contributed by atoms with van der Waals surface area (Å²) in [5, 5.41) is 11.6.